The second-order valence-electron chi connectivity index (χ2n) is 10.8. The lowest BCUT2D eigenvalue weighted by atomic mass is 9.68. The average molecular weight is 492 g/mol. The molecule has 3 atom stereocenters. The molecule has 37 heavy (non-hydrogen) atoms. The molecule has 1 aliphatic heterocycles. The molecule has 0 radical (unpaired) electrons. The van der Waals surface area contributed by atoms with Gasteiger partial charge in [-0.15, -0.1) is 0 Å². The monoisotopic (exact) mass is 491 g/mol. The lowest BCUT2D eigenvalue weighted by Crippen LogP contribution is -2.39. The molecule has 1 unspecified atom stereocenters. The maximum absolute atomic E-state index is 13.9. The number of nitrogens with zero attached hydrogens (tertiary/aromatic N) is 1. The second-order valence-corrected chi connectivity index (χ2v) is 10.8. The molecule has 6 rings (SSSR count). The van der Waals surface area contributed by atoms with Gasteiger partial charge in [-0.1, -0.05) is 79.2 Å². The summed E-state index contributed by atoms with van der Waals surface area (Å²) in [5, 5.41) is 2.18. The third-order valence-electron chi connectivity index (χ3n) is 8.41. The summed E-state index contributed by atoms with van der Waals surface area (Å²) in [5.74, 6) is -1.03. The SMILES string of the molecule is CC1=NC2=C(C(=O)C[C@H](c3ccccc3)C2)[C@H](c2cccc3ccccc23)C1C(=O)OC1CCCCC1. The van der Waals surface area contributed by atoms with Crippen molar-refractivity contribution in [2.45, 2.75) is 69.8 Å². The van der Waals surface area contributed by atoms with Crippen LogP contribution in [-0.2, 0) is 14.3 Å². The Morgan fingerprint density at radius 1 is 0.865 bits per heavy atom. The molecule has 3 aliphatic rings. The number of rotatable bonds is 4. The lowest BCUT2D eigenvalue weighted by Gasteiger charge is -2.37. The number of allylic oxidation sites excluding steroid dienone is 2. The van der Waals surface area contributed by atoms with Gasteiger partial charge in [0.25, 0.3) is 0 Å². The van der Waals surface area contributed by atoms with Crippen molar-refractivity contribution in [3.63, 3.8) is 0 Å². The Morgan fingerprint density at radius 3 is 2.41 bits per heavy atom. The van der Waals surface area contributed by atoms with Crippen molar-refractivity contribution >= 4 is 28.2 Å². The molecule has 0 aromatic heterocycles. The van der Waals surface area contributed by atoms with E-state index >= 15 is 0 Å². The standard InChI is InChI=1S/C33H33NO3/c1-21-30(33(36)37-25-15-6-3-7-16-25)31(27-18-10-14-23-13-8-9-17-26(23)27)32-28(34-21)19-24(20-29(32)35)22-11-4-2-5-12-22/h2,4-5,8-14,17-18,24-25,30-31H,3,6-7,15-16,19-20H2,1H3/t24-,30?,31-/m1/s1. The highest BCUT2D eigenvalue weighted by atomic mass is 16.5. The van der Waals surface area contributed by atoms with Gasteiger partial charge < -0.3 is 4.74 Å². The number of benzene rings is 3. The van der Waals surface area contributed by atoms with Gasteiger partial charge in [-0.2, -0.15) is 0 Å². The highest BCUT2D eigenvalue weighted by Crippen LogP contribution is 2.48. The lowest BCUT2D eigenvalue weighted by molar-refractivity contribution is -0.153. The zero-order valence-electron chi connectivity index (χ0n) is 21.4. The van der Waals surface area contributed by atoms with Crippen LogP contribution in [0.2, 0.25) is 0 Å². The summed E-state index contributed by atoms with van der Waals surface area (Å²) in [6.45, 7) is 1.94. The average Bonchev–Trinajstić information content (AvgIpc) is 2.93. The molecule has 0 saturated heterocycles. The van der Waals surface area contributed by atoms with Crippen molar-refractivity contribution in [2.24, 2.45) is 10.9 Å². The number of esters is 1. The topological polar surface area (TPSA) is 55.7 Å². The van der Waals surface area contributed by atoms with E-state index in [4.69, 9.17) is 9.73 Å². The number of aliphatic imine (C=N–C) groups is 1. The number of fused-ring (bicyclic) bond motifs is 1. The van der Waals surface area contributed by atoms with Crippen molar-refractivity contribution in [1.29, 1.82) is 0 Å². The van der Waals surface area contributed by atoms with Crippen LogP contribution in [0.25, 0.3) is 10.8 Å². The Labute approximate surface area is 218 Å². The van der Waals surface area contributed by atoms with Gasteiger partial charge >= 0.3 is 5.97 Å². The van der Waals surface area contributed by atoms with E-state index in [-0.39, 0.29) is 29.7 Å². The van der Waals surface area contributed by atoms with Gasteiger partial charge in [0, 0.05) is 29.3 Å². The number of ether oxygens (including phenoxy) is 1. The molecule has 3 aromatic rings. The Bertz CT molecular complexity index is 1390. The van der Waals surface area contributed by atoms with Crippen LogP contribution < -0.4 is 0 Å². The van der Waals surface area contributed by atoms with Crippen LogP contribution in [0.1, 0.15) is 74.8 Å². The first kappa shape index (κ1) is 23.8. The molecule has 0 spiro atoms. The highest BCUT2D eigenvalue weighted by molar-refractivity contribution is 6.10. The summed E-state index contributed by atoms with van der Waals surface area (Å²) in [5.41, 5.74) is 4.47. The van der Waals surface area contributed by atoms with Crippen LogP contribution in [0.15, 0.2) is 89.1 Å². The minimum Gasteiger partial charge on any atom is -0.462 e. The van der Waals surface area contributed by atoms with Gasteiger partial charge in [0.1, 0.15) is 12.0 Å². The first-order chi connectivity index (χ1) is 18.1. The maximum atomic E-state index is 13.9. The number of carbonyl (C=O) groups excluding carboxylic acids is 2. The van der Waals surface area contributed by atoms with Crippen molar-refractivity contribution in [3.05, 3.63) is 95.2 Å². The predicted molar refractivity (Wildman–Crippen MR) is 147 cm³/mol. The Hall–Kier alpha value is -3.53. The second kappa shape index (κ2) is 10.1. The number of Topliss-reactive ketones (excluding diaryl/α,β-unsaturated/α-hetero) is 1. The van der Waals surface area contributed by atoms with Crippen molar-refractivity contribution in [1.82, 2.24) is 0 Å². The largest absolute Gasteiger partial charge is 0.462 e. The van der Waals surface area contributed by atoms with Crippen LogP contribution in [0.4, 0.5) is 0 Å². The molecular formula is C33H33NO3. The molecule has 1 fully saturated rings. The third kappa shape index (κ3) is 4.54. The Kier molecular flexibility index (Phi) is 6.50. The zero-order chi connectivity index (χ0) is 25.4. The summed E-state index contributed by atoms with van der Waals surface area (Å²) in [6.07, 6.45) is 6.32. The minimum absolute atomic E-state index is 0.0397. The molecule has 2 aliphatic carbocycles. The minimum atomic E-state index is -0.594. The van der Waals surface area contributed by atoms with Gasteiger partial charge in [-0.3, -0.25) is 14.6 Å². The number of carbonyl (C=O) groups is 2. The smallest absolute Gasteiger partial charge is 0.315 e. The van der Waals surface area contributed by atoms with Gasteiger partial charge in [-0.05, 0) is 66.8 Å². The van der Waals surface area contributed by atoms with Gasteiger partial charge in [0.15, 0.2) is 5.78 Å². The van der Waals surface area contributed by atoms with E-state index in [2.05, 4.69) is 36.4 Å². The fourth-order valence-corrected chi connectivity index (χ4v) is 6.60. The van der Waals surface area contributed by atoms with E-state index in [1.165, 1.54) is 6.42 Å². The molecule has 3 aromatic carbocycles. The summed E-state index contributed by atoms with van der Waals surface area (Å²) in [6, 6.07) is 24.6. The number of hydrogen-bond acceptors (Lipinski definition) is 4. The normalized spacial score (nSPS) is 24.5. The van der Waals surface area contributed by atoms with Crippen LogP contribution in [-0.4, -0.2) is 23.6 Å². The van der Waals surface area contributed by atoms with Crippen molar-refractivity contribution in [3.8, 4) is 0 Å². The molecule has 1 heterocycles. The van der Waals surface area contributed by atoms with Gasteiger partial charge in [-0.25, -0.2) is 0 Å². The Balaban J connectivity index is 1.45. The quantitative estimate of drug-likeness (QED) is 0.360. The Morgan fingerprint density at radius 2 is 1.59 bits per heavy atom. The molecule has 4 heteroatoms. The fraction of sp³-hybridized carbons (Fsp3) is 0.364. The third-order valence-corrected chi connectivity index (χ3v) is 8.41. The van der Waals surface area contributed by atoms with Crippen LogP contribution in [0, 0.1) is 5.92 Å². The van der Waals surface area contributed by atoms with Gasteiger partial charge in [0.05, 0.1) is 0 Å². The molecule has 188 valence electrons. The van der Waals surface area contributed by atoms with Crippen molar-refractivity contribution in [2.75, 3.05) is 0 Å². The van der Waals surface area contributed by atoms with E-state index in [0.717, 1.165) is 59.0 Å². The first-order valence-corrected chi connectivity index (χ1v) is 13.6. The summed E-state index contributed by atoms with van der Waals surface area (Å²) in [4.78, 5) is 32.7. The summed E-state index contributed by atoms with van der Waals surface area (Å²) >= 11 is 0. The predicted octanol–water partition coefficient (Wildman–Crippen LogP) is 7.29. The summed E-state index contributed by atoms with van der Waals surface area (Å²) in [7, 11) is 0. The first-order valence-electron chi connectivity index (χ1n) is 13.6. The maximum Gasteiger partial charge on any atom is 0.315 e. The van der Waals surface area contributed by atoms with E-state index in [1.807, 2.05) is 43.3 Å². The molecular weight excluding hydrogens is 458 g/mol. The van der Waals surface area contributed by atoms with Crippen LogP contribution >= 0.6 is 0 Å². The van der Waals surface area contributed by atoms with Crippen LogP contribution in [0.5, 0.6) is 0 Å². The highest BCUT2D eigenvalue weighted by Gasteiger charge is 2.45. The molecule has 0 bridgehead atoms. The van der Waals surface area contributed by atoms with E-state index < -0.39 is 5.92 Å². The molecule has 1 saturated carbocycles. The summed E-state index contributed by atoms with van der Waals surface area (Å²) < 4.78 is 6.12. The van der Waals surface area contributed by atoms with Gasteiger partial charge in [0.2, 0.25) is 0 Å². The zero-order valence-corrected chi connectivity index (χ0v) is 21.4. The van der Waals surface area contributed by atoms with Crippen molar-refractivity contribution < 1.29 is 14.3 Å². The fourth-order valence-electron chi connectivity index (χ4n) is 6.60. The van der Waals surface area contributed by atoms with E-state index in [1.54, 1.807) is 0 Å². The number of hydrogen-bond donors (Lipinski definition) is 0. The molecule has 4 nitrogen and oxygen atoms in total. The molecule has 0 N–H and O–H groups in total. The number of ketones is 1. The van der Waals surface area contributed by atoms with E-state index in [9.17, 15) is 9.59 Å². The van der Waals surface area contributed by atoms with E-state index in [0.29, 0.717) is 18.4 Å². The van der Waals surface area contributed by atoms with Crippen LogP contribution in [0.3, 0.4) is 0 Å². The molecule has 0 amide bonds.